The van der Waals surface area contributed by atoms with Crippen LogP contribution in [-0.2, 0) is 10.3 Å². The summed E-state index contributed by atoms with van der Waals surface area (Å²) >= 11 is 0. The predicted octanol–water partition coefficient (Wildman–Crippen LogP) is 1.87. The molecule has 0 radical (unpaired) electrons. The van der Waals surface area contributed by atoms with Gasteiger partial charge in [0.2, 0.25) is 0 Å². The lowest BCUT2D eigenvalue weighted by Gasteiger charge is -2.31. The van der Waals surface area contributed by atoms with Gasteiger partial charge in [0.1, 0.15) is 5.54 Å². The van der Waals surface area contributed by atoms with Gasteiger partial charge >= 0.3 is 6.03 Å². The van der Waals surface area contributed by atoms with Gasteiger partial charge in [0.15, 0.2) is 0 Å². The summed E-state index contributed by atoms with van der Waals surface area (Å²) in [5.74, 6) is 5.42. The fourth-order valence-corrected chi connectivity index (χ4v) is 2.28. The topological polar surface area (TPSA) is 49.4 Å². The number of carbonyl (C=O) groups excluding carboxylic acids is 2. The van der Waals surface area contributed by atoms with Crippen LogP contribution < -0.4 is 5.32 Å². The average molecular weight is 256 g/mol. The fraction of sp³-hybridized carbons (Fsp3) is 0.333. The molecule has 0 aliphatic carbocycles. The summed E-state index contributed by atoms with van der Waals surface area (Å²) in [4.78, 5) is 25.6. The lowest BCUT2D eigenvalue weighted by atomic mass is 9.90. The van der Waals surface area contributed by atoms with Crippen LogP contribution in [0.25, 0.3) is 0 Å². The van der Waals surface area contributed by atoms with Crippen LogP contribution in [-0.4, -0.2) is 23.4 Å². The molecule has 1 aliphatic rings. The largest absolute Gasteiger partial charge is 0.325 e. The van der Waals surface area contributed by atoms with Crippen molar-refractivity contribution in [1.82, 2.24) is 10.2 Å². The summed E-state index contributed by atoms with van der Waals surface area (Å²) in [6.45, 7) is 3.96. The Morgan fingerprint density at radius 3 is 2.58 bits per heavy atom. The van der Waals surface area contributed by atoms with Crippen molar-refractivity contribution in [3.05, 3.63) is 35.9 Å². The maximum Gasteiger partial charge on any atom is 0.325 e. The van der Waals surface area contributed by atoms with Crippen LogP contribution in [0, 0.1) is 11.8 Å². The molecule has 1 heterocycles. The van der Waals surface area contributed by atoms with Crippen LogP contribution in [0.15, 0.2) is 30.3 Å². The molecule has 0 aromatic heterocycles. The highest BCUT2D eigenvalue weighted by Gasteiger charge is 2.49. The Hall–Kier alpha value is -2.28. The number of benzene rings is 1. The van der Waals surface area contributed by atoms with Crippen LogP contribution in [0.5, 0.6) is 0 Å². The molecule has 1 aliphatic heterocycles. The van der Waals surface area contributed by atoms with E-state index in [0.29, 0.717) is 13.0 Å². The minimum Gasteiger partial charge on any atom is -0.305 e. The first kappa shape index (κ1) is 13.2. The van der Waals surface area contributed by atoms with Crippen molar-refractivity contribution in [1.29, 1.82) is 0 Å². The highest BCUT2D eigenvalue weighted by molar-refractivity contribution is 6.07. The van der Waals surface area contributed by atoms with Gasteiger partial charge in [0.25, 0.3) is 5.91 Å². The minimum absolute atomic E-state index is 0.284. The smallest absolute Gasteiger partial charge is 0.305 e. The predicted molar refractivity (Wildman–Crippen MR) is 72.1 cm³/mol. The number of nitrogens with zero attached hydrogens (tertiary/aromatic N) is 1. The number of hydrogen-bond donors (Lipinski definition) is 1. The lowest BCUT2D eigenvalue weighted by molar-refractivity contribution is -0.126. The van der Waals surface area contributed by atoms with Crippen LogP contribution in [0.2, 0.25) is 0 Å². The van der Waals surface area contributed by atoms with Crippen molar-refractivity contribution in [3.63, 3.8) is 0 Å². The van der Waals surface area contributed by atoms with E-state index >= 15 is 0 Å². The first-order chi connectivity index (χ1) is 9.10. The van der Waals surface area contributed by atoms with Crippen molar-refractivity contribution in [2.45, 2.75) is 25.8 Å². The maximum absolute atomic E-state index is 12.1. The van der Waals surface area contributed by atoms with E-state index in [1.807, 2.05) is 30.3 Å². The van der Waals surface area contributed by atoms with E-state index in [0.717, 1.165) is 5.56 Å². The minimum atomic E-state index is -0.951. The first-order valence-electron chi connectivity index (χ1n) is 6.19. The highest BCUT2D eigenvalue weighted by atomic mass is 16.2. The van der Waals surface area contributed by atoms with E-state index in [4.69, 9.17) is 0 Å². The lowest BCUT2D eigenvalue weighted by Crippen LogP contribution is -2.44. The molecular formula is C15H16N2O2. The van der Waals surface area contributed by atoms with E-state index in [1.165, 1.54) is 0 Å². The van der Waals surface area contributed by atoms with Gasteiger partial charge in [-0.3, -0.25) is 10.1 Å². The van der Waals surface area contributed by atoms with Gasteiger partial charge in [-0.1, -0.05) is 30.3 Å². The summed E-state index contributed by atoms with van der Waals surface area (Å²) in [6.07, 6.45) is 0.555. The molecule has 0 saturated carbocycles. The molecule has 0 spiro atoms. The molecule has 2 rings (SSSR count). The van der Waals surface area contributed by atoms with Gasteiger partial charge in [-0.05, 0) is 19.4 Å². The number of amides is 3. The zero-order chi connectivity index (χ0) is 13.9. The molecule has 1 aromatic rings. The summed E-state index contributed by atoms with van der Waals surface area (Å²) in [7, 11) is 0. The molecule has 1 fully saturated rings. The third-order valence-electron chi connectivity index (χ3n) is 3.42. The quantitative estimate of drug-likeness (QED) is 0.663. The number of nitrogens with one attached hydrogen (secondary N) is 1. The second-order valence-electron chi connectivity index (χ2n) is 4.53. The standard InChI is InChI=1S/C15H16N2O2/c1-3-4-8-11-17-14(19)16-13(18)15(17,2)12-9-6-5-7-10-12/h5-7,9-10H,8,11H2,1-2H3,(H,16,18,19). The fourth-order valence-electron chi connectivity index (χ4n) is 2.28. The third-order valence-corrected chi connectivity index (χ3v) is 3.42. The Kier molecular flexibility index (Phi) is 3.57. The van der Waals surface area contributed by atoms with Crippen LogP contribution in [0.4, 0.5) is 4.79 Å². The van der Waals surface area contributed by atoms with Gasteiger partial charge < -0.3 is 4.90 Å². The van der Waals surface area contributed by atoms with Crippen molar-refractivity contribution in [2.75, 3.05) is 6.54 Å². The average Bonchev–Trinajstić information content (AvgIpc) is 2.64. The summed E-state index contributed by atoms with van der Waals surface area (Å²) < 4.78 is 0. The zero-order valence-electron chi connectivity index (χ0n) is 11.1. The van der Waals surface area contributed by atoms with Gasteiger partial charge in [-0.25, -0.2) is 4.79 Å². The Morgan fingerprint density at radius 2 is 1.95 bits per heavy atom. The molecule has 1 aromatic carbocycles. The molecule has 4 heteroatoms. The summed E-state index contributed by atoms with van der Waals surface area (Å²) in [5.41, 5.74) is -0.142. The van der Waals surface area contributed by atoms with Gasteiger partial charge in [-0.2, -0.15) is 0 Å². The van der Waals surface area contributed by atoms with Gasteiger partial charge in [-0.15, -0.1) is 11.8 Å². The third kappa shape index (κ3) is 2.19. The molecule has 98 valence electrons. The second kappa shape index (κ2) is 5.15. The Morgan fingerprint density at radius 1 is 1.26 bits per heavy atom. The van der Waals surface area contributed by atoms with Crippen LogP contribution in [0.3, 0.4) is 0 Å². The molecular weight excluding hydrogens is 240 g/mol. The normalized spacial score (nSPS) is 21.9. The molecule has 4 nitrogen and oxygen atoms in total. The summed E-state index contributed by atoms with van der Waals surface area (Å²) in [6, 6.07) is 8.97. The first-order valence-corrected chi connectivity index (χ1v) is 6.19. The SMILES string of the molecule is CC#CCCN1C(=O)NC(=O)C1(C)c1ccccc1. The van der Waals surface area contributed by atoms with Gasteiger partial charge in [0, 0.05) is 13.0 Å². The number of rotatable bonds is 3. The molecule has 1 unspecified atom stereocenters. The van der Waals surface area contributed by atoms with Crippen molar-refractivity contribution in [3.8, 4) is 11.8 Å². The Labute approximate surface area is 112 Å². The van der Waals surface area contributed by atoms with E-state index in [9.17, 15) is 9.59 Å². The van der Waals surface area contributed by atoms with E-state index in [-0.39, 0.29) is 11.9 Å². The molecule has 1 N–H and O–H groups in total. The van der Waals surface area contributed by atoms with E-state index in [2.05, 4.69) is 17.2 Å². The second-order valence-corrected chi connectivity index (χ2v) is 4.53. The Balaban J connectivity index is 2.35. The Bertz CT molecular complexity index is 557. The van der Waals surface area contributed by atoms with Crippen molar-refractivity contribution in [2.24, 2.45) is 0 Å². The van der Waals surface area contributed by atoms with Gasteiger partial charge in [0.05, 0.1) is 0 Å². The number of urea groups is 1. The highest BCUT2D eigenvalue weighted by Crippen LogP contribution is 2.32. The molecule has 1 saturated heterocycles. The van der Waals surface area contributed by atoms with E-state index < -0.39 is 5.54 Å². The number of imide groups is 1. The van der Waals surface area contributed by atoms with Crippen LogP contribution >= 0.6 is 0 Å². The monoisotopic (exact) mass is 256 g/mol. The number of hydrogen-bond acceptors (Lipinski definition) is 2. The molecule has 3 amide bonds. The summed E-state index contributed by atoms with van der Waals surface area (Å²) in [5, 5.41) is 2.38. The molecule has 0 bridgehead atoms. The van der Waals surface area contributed by atoms with Crippen molar-refractivity contribution >= 4 is 11.9 Å². The molecule has 1 atom stereocenters. The number of carbonyl (C=O) groups is 2. The zero-order valence-corrected chi connectivity index (χ0v) is 11.1. The van der Waals surface area contributed by atoms with E-state index in [1.54, 1.807) is 18.7 Å². The van der Waals surface area contributed by atoms with Crippen LogP contribution in [0.1, 0.15) is 25.8 Å². The van der Waals surface area contributed by atoms with Crippen molar-refractivity contribution < 1.29 is 9.59 Å². The maximum atomic E-state index is 12.1. The molecule has 19 heavy (non-hydrogen) atoms.